The van der Waals surface area contributed by atoms with Crippen LogP contribution in [0.5, 0.6) is 11.5 Å². The molecule has 0 aliphatic carbocycles. The number of amides is 1. The lowest BCUT2D eigenvalue weighted by atomic mass is 10.2. The topological polar surface area (TPSA) is 65.4 Å². The Morgan fingerprint density at radius 2 is 1.93 bits per heavy atom. The lowest BCUT2D eigenvalue weighted by Crippen LogP contribution is -2.15. The number of halogens is 1. The fraction of sp³-hybridized carbons (Fsp3) is 0.273. The number of benzene rings is 2. The van der Waals surface area contributed by atoms with Crippen molar-refractivity contribution in [3.05, 3.63) is 71.8 Å². The highest BCUT2D eigenvalue weighted by Gasteiger charge is 2.16. The second-order valence-electron chi connectivity index (χ2n) is 6.48. The fourth-order valence-corrected chi connectivity index (χ4v) is 2.82. The van der Waals surface area contributed by atoms with Crippen LogP contribution in [0, 0.1) is 5.82 Å². The molecule has 2 aromatic carbocycles. The molecular weight excluding hydrogens is 373 g/mol. The highest BCUT2D eigenvalue weighted by Crippen LogP contribution is 2.27. The summed E-state index contributed by atoms with van der Waals surface area (Å²) in [5.41, 5.74) is 1.14. The van der Waals surface area contributed by atoms with Gasteiger partial charge in [0.25, 0.3) is 5.91 Å². The van der Waals surface area contributed by atoms with Gasteiger partial charge < -0.3 is 14.8 Å². The molecule has 1 aromatic heterocycles. The molecule has 0 saturated carbocycles. The lowest BCUT2D eigenvalue weighted by Gasteiger charge is -2.11. The Bertz CT molecular complexity index is 971. The van der Waals surface area contributed by atoms with Crippen molar-refractivity contribution >= 4 is 11.6 Å². The second-order valence-corrected chi connectivity index (χ2v) is 6.48. The molecule has 0 unspecified atom stereocenters. The van der Waals surface area contributed by atoms with Crippen LogP contribution in [0.25, 0.3) is 0 Å². The third-order valence-electron chi connectivity index (χ3n) is 4.37. The maximum Gasteiger partial charge on any atom is 0.276 e. The zero-order valence-electron chi connectivity index (χ0n) is 16.5. The van der Waals surface area contributed by atoms with Crippen LogP contribution in [0.1, 0.15) is 35.8 Å². The van der Waals surface area contributed by atoms with Crippen molar-refractivity contribution in [1.82, 2.24) is 9.78 Å². The Morgan fingerprint density at radius 1 is 1.14 bits per heavy atom. The van der Waals surface area contributed by atoms with Crippen molar-refractivity contribution in [2.45, 2.75) is 26.3 Å². The van der Waals surface area contributed by atoms with Crippen LogP contribution in [0.4, 0.5) is 10.1 Å². The predicted molar refractivity (Wildman–Crippen MR) is 109 cm³/mol. The second kappa shape index (κ2) is 9.73. The van der Waals surface area contributed by atoms with Crippen molar-refractivity contribution in [1.29, 1.82) is 0 Å². The third-order valence-corrected chi connectivity index (χ3v) is 4.37. The number of aromatic nitrogens is 2. The van der Waals surface area contributed by atoms with Gasteiger partial charge in [-0.25, -0.2) is 4.39 Å². The van der Waals surface area contributed by atoms with Gasteiger partial charge in [0.05, 0.1) is 20.3 Å². The molecule has 29 heavy (non-hydrogen) atoms. The Labute approximate surface area is 169 Å². The molecule has 0 atom stereocenters. The number of methoxy groups -OCH3 is 1. The summed E-state index contributed by atoms with van der Waals surface area (Å²) in [6, 6.07) is 13.7. The largest absolute Gasteiger partial charge is 0.494 e. The molecule has 1 heterocycles. The minimum Gasteiger partial charge on any atom is -0.494 e. The van der Waals surface area contributed by atoms with Crippen LogP contribution in [0.2, 0.25) is 0 Å². The number of unbranched alkanes of at least 4 members (excludes halogenated alkanes) is 1. The standard InChI is InChI=1S/C22H24FN3O3/c1-3-4-14-29-19-10-6-5-8-16(19)15-26-13-12-18(25-26)22(27)24-21-17(23)9-7-11-20(21)28-2/h5-13H,3-4,14-15H2,1-2H3,(H,24,27). The number of para-hydroxylation sites is 2. The molecule has 0 radical (unpaired) electrons. The van der Waals surface area contributed by atoms with Crippen molar-refractivity contribution in [3.8, 4) is 11.5 Å². The summed E-state index contributed by atoms with van der Waals surface area (Å²) < 4.78 is 26.6. The summed E-state index contributed by atoms with van der Waals surface area (Å²) >= 11 is 0. The van der Waals surface area contributed by atoms with E-state index in [1.54, 1.807) is 23.0 Å². The molecule has 152 valence electrons. The number of nitrogens with zero attached hydrogens (tertiary/aromatic N) is 2. The average Bonchev–Trinajstić information content (AvgIpc) is 3.19. The lowest BCUT2D eigenvalue weighted by molar-refractivity contribution is 0.102. The van der Waals surface area contributed by atoms with Gasteiger partial charge in [0.1, 0.15) is 17.2 Å². The molecule has 1 amide bonds. The van der Waals surface area contributed by atoms with Gasteiger partial charge in [0, 0.05) is 11.8 Å². The summed E-state index contributed by atoms with van der Waals surface area (Å²) in [6.07, 6.45) is 3.75. The van der Waals surface area contributed by atoms with Crippen LogP contribution in [-0.4, -0.2) is 29.4 Å². The Morgan fingerprint density at radius 3 is 2.72 bits per heavy atom. The zero-order valence-corrected chi connectivity index (χ0v) is 16.5. The van der Waals surface area contributed by atoms with Gasteiger partial charge >= 0.3 is 0 Å². The molecule has 6 nitrogen and oxygen atoms in total. The Kier molecular flexibility index (Phi) is 6.84. The highest BCUT2D eigenvalue weighted by atomic mass is 19.1. The summed E-state index contributed by atoms with van der Waals surface area (Å²) in [4.78, 5) is 12.5. The molecule has 0 bridgehead atoms. The molecule has 3 aromatic rings. The van der Waals surface area contributed by atoms with Crippen LogP contribution < -0.4 is 14.8 Å². The van der Waals surface area contributed by atoms with E-state index in [4.69, 9.17) is 9.47 Å². The van der Waals surface area contributed by atoms with Gasteiger partial charge in [-0.1, -0.05) is 37.6 Å². The average molecular weight is 397 g/mol. The van der Waals surface area contributed by atoms with Gasteiger partial charge in [-0.2, -0.15) is 5.10 Å². The van der Waals surface area contributed by atoms with Crippen LogP contribution in [0.3, 0.4) is 0 Å². The van der Waals surface area contributed by atoms with E-state index in [9.17, 15) is 9.18 Å². The molecule has 0 saturated heterocycles. The van der Waals surface area contributed by atoms with Gasteiger partial charge in [-0.15, -0.1) is 0 Å². The first-order valence-electron chi connectivity index (χ1n) is 9.50. The normalized spacial score (nSPS) is 10.6. The van der Waals surface area contributed by atoms with Crippen LogP contribution >= 0.6 is 0 Å². The third kappa shape index (κ3) is 5.13. The highest BCUT2D eigenvalue weighted by molar-refractivity contribution is 6.03. The summed E-state index contributed by atoms with van der Waals surface area (Å²) in [7, 11) is 1.42. The van der Waals surface area contributed by atoms with E-state index in [1.807, 2.05) is 24.3 Å². The molecule has 7 heteroatoms. The van der Waals surface area contributed by atoms with E-state index in [2.05, 4.69) is 17.3 Å². The van der Waals surface area contributed by atoms with Crippen LogP contribution in [0.15, 0.2) is 54.7 Å². The molecule has 1 N–H and O–H groups in total. The fourth-order valence-electron chi connectivity index (χ4n) is 2.82. The number of carbonyl (C=O) groups is 1. The Hall–Kier alpha value is -3.35. The Balaban J connectivity index is 1.71. The van der Waals surface area contributed by atoms with Crippen molar-refractivity contribution in [3.63, 3.8) is 0 Å². The van der Waals surface area contributed by atoms with E-state index in [-0.39, 0.29) is 17.1 Å². The first kappa shape index (κ1) is 20.4. The van der Waals surface area contributed by atoms with Crippen LogP contribution in [-0.2, 0) is 6.54 Å². The zero-order chi connectivity index (χ0) is 20.6. The van der Waals surface area contributed by atoms with E-state index in [1.165, 1.54) is 19.2 Å². The molecule has 3 rings (SSSR count). The summed E-state index contributed by atoms with van der Waals surface area (Å²) in [5, 5.41) is 6.84. The van der Waals surface area contributed by atoms with E-state index in [0.29, 0.717) is 13.2 Å². The number of nitrogens with one attached hydrogen (secondary N) is 1. The molecule has 0 aliphatic heterocycles. The first-order chi connectivity index (χ1) is 14.1. The maximum atomic E-state index is 14.0. The van der Waals surface area contributed by atoms with Gasteiger partial charge in [-0.05, 0) is 30.7 Å². The quantitative estimate of drug-likeness (QED) is 0.540. The minimum absolute atomic E-state index is 0.00998. The molecule has 0 aliphatic rings. The van der Waals surface area contributed by atoms with Gasteiger partial charge in [-0.3, -0.25) is 9.48 Å². The SMILES string of the molecule is CCCCOc1ccccc1Cn1ccc(C(=O)Nc2c(F)cccc2OC)n1. The van der Waals surface area contributed by atoms with E-state index in [0.717, 1.165) is 24.2 Å². The van der Waals surface area contributed by atoms with E-state index < -0.39 is 11.7 Å². The number of rotatable bonds is 9. The number of carbonyl (C=O) groups excluding carboxylic acids is 1. The molecule has 0 spiro atoms. The molecule has 0 fully saturated rings. The first-order valence-corrected chi connectivity index (χ1v) is 9.50. The number of hydrogen-bond acceptors (Lipinski definition) is 4. The predicted octanol–water partition coefficient (Wildman–Crippen LogP) is 4.51. The van der Waals surface area contributed by atoms with Crippen molar-refractivity contribution < 1.29 is 18.7 Å². The van der Waals surface area contributed by atoms with Crippen molar-refractivity contribution in [2.75, 3.05) is 19.0 Å². The number of ether oxygens (including phenoxy) is 2. The van der Waals surface area contributed by atoms with Gasteiger partial charge in [0.2, 0.25) is 0 Å². The monoisotopic (exact) mass is 397 g/mol. The minimum atomic E-state index is -0.574. The maximum absolute atomic E-state index is 14.0. The van der Waals surface area contributed by atoms with Crippen molar-refractivity contribution in [2.24, 2.45) is 0 Å². The summed E-state index contributed by atoms with van der Waals surface area (Å²) in [5.74, 6) is -0.0376. The number of anilines is 1. The molecular formula is C22H24FN3O3. The summed E-state index contributed by atoms with van der Waals surface area (Å²) in [6.45, 7) is 3.23. The smallest absolute Gasteiger partial charge is 0.276 e. The van der Waals surface area contributed by atoms with Gasteiger partial charge in [0.15, 0.2) is 11.5 Å². The number of hydrogen-bond donors (Lipinski definition) is 1. The van der Waals surface area contributed by atoms with E-state index >= 15 is 0 Å².